The van der Waals surface area contributed by atoms with Gasteiger partial charge in [-0.05, 0) is 42.4 Å². The molecule has 6 nitrogen and oxygen atoms in total. The first-order valence-electron chi connectivity index (χ1n) is 8.79. The number of carbonyl (C=O) groups excluding carboxylic acids is 1. The number of carbonyl (C=O) groups is 1. The molecule has 1 aliphatic heterocycles. The Morgan fingerprint density at radius 1 is 1.16 bits per heavy atom. The number of piperidine rings is 1. The van der Waals surface area contributed by atoms with Crippen LogP contribution in [0.5, 0.6) is 0 Å². The van der Waals surface area contributed by atoms with Crippen LogP contribution in [-0.2, 0) is 6.42 Å². The first-order valence-corrected chi connectivity index (χ1v) is 9.60. The van der Waals surface area contributed by atoms with Crippen molar-refractivity contribution in [3.05, 3.63) is 29.8 Å². The van der Waals surface area contributed by atoms with Gasteiger partial charge in [0.15, 0.2) is 0 Å². The molecule has 1 aromatic heterocycles. The van der Waals surface area contributed by atoms with Crippen LogP contribution < -0.4 is 15.5 Å². The molecule has 25 heavy (non-hydrogen) atoms. The number of urea groups is 1. The fourth-order valence-electron chi connectivity index (χ4n) is 3.30. The van der Waals surface area contributed by atoms with Gasteiger partial charge in [-0.15, -0.1) is 10.2 Å². The van der Waals surface area contributed by atoms with Crippen LogP contribution in [0, 0.1) is 11.8 Å². The van der Waals surface area contributed by atoms with Crippen LogP contribution in [0.2, 0.25) is 0 Å². The minimum absolute atomic E-state index is 0.299. The first-order chi connectivity index (χ1) is 12.0. The van der Waals surface area contributed by atoms with E-state index < -0.39 is 0 Å². The quantitative estimate of drug-likeness (QED) is 0.857. The fraction of sp³-hybridized carbons (Fsp3) is 0.500. The Bertz CT molecular complexity index is 705. The molecule has 2 amide bonds. The van der Waals surface area contributed by atoms with E-state index in [-0.39, 0.29) is 6.03 Å². The lowest BCUT2D eigenvalue weighted by Gasteiger charge is -2.34. The Morgan fingerprint density at radius 3 is 2.48 bits per heavy atom. The first kappa shape index (κ1) is 17.7. The molecule has 0 saturated carbocycles. The molecule has 1 aliphatic rings. The van der Waals surface area contributed by atoms with Crippen molar-refractivity contribution in [2.24, 2.45) is 11.8 Å². The summed E-state index contributed by atoms with van der Waals surface area (Å²) >= 11 is 1.42. The van der Waals surface area contributed by atoms with E-state index in [1.807, 2.05) is 24.3 Å². The topological polar surface area (TPSA) is 70.1 Å². The zero-order chi connectivity index (χ0) is 17.8. The molecule has 0 aliphatic carbocycles. The number of aryl methyl sites for hydroxylation is 1. The maximum Gasteiger partial charge on any atom is 0.325 e. The van der Waals surface area contributed by atoms with Gasteiger partial charge in [-0.3, -0.25) is 5.32 Å². The standard InChI is InChI=1S/C18H25N5OS/c1-4-14-5-7-15(8-6-14)19-16(24)20-17-21-22-18(25-17)23-10-12(2)9-13(3)11-23/h5-8,12-13H,4,9-11H2,1-3H3,(H2,19,20,21,24)/t12-,13-/m1/s1. The zero-order valence-electron chi connectivity index (χ0n) is 15.0. The molecule has 0 unspecified atom stereocenters. The highest BCUT2D eigenvalue weighted by Crippen LogP contribution is 2.30. The Balaban J connectivity index is 1.57. The second-order valence-electron chi connectivity index (χ2n) is 6.87. The molecule has 1 aromatic carbocycles. The number of anilines is 3. The normalized spacial score (nSPS) is 20.4. The molecule has 0 spiro atoms. The predicted octanol–water partition coefficient (Wildman–Crippen LogP) is 4.23. The van der Waals surface area contributed by atoms with Gasteiger partial charge in [0, 0.05) is 18.8 Å². The van der Waals surface area contributed by atoms with Crippen molar-refractivity contribution in [3.63, 3.8) is 0 Å². The third-order valence-electron chi connectivity index (χ3n) is 4.39. The largest absolute Gasteiger partial charge is 0.346 e. The van der Waals surface area contributed by atoms with Crippen molar-refractivity contribution in [2.75, 3.05) is 28.6 Å². The molecule has 0 radical (unpaired) electrons. The summed E-state index contributed by atoms with van der Waals surface area (Å²) in [6, 6.07) is 7.53. The number of rotatable bonds is 4. The fourth-order valence-corrected chi connectivity index (χ4v) is 4.05. The van der Waals surface area contributed by atoms with E-state index in [2.05, 4.69) is 46.5 Å². The summed E-state index contributed by atoms with van der Waals surface area (Å²) in [5.74, 6) is 1.30. The van der Waals surface area contributed by atoms with Crippen LogP contribution in [-0.4, -0.2) is 29.3 Å². The molecule has 2 heterocycles. The zero-order valence-corrected chi connectivity index (χ0v) is 15.8. The van der Waals surface area contributed by atoms with E-state index in [9.17, 15) is 4.79 Å². The molecule has 1 fully saturated rings. The van der Waals surface area contributed by atoms with E-state index in [0.29, 0.717) is 17.0 Å². The summed E-state index contributed by atoms with van der Waals surface area (Å²) in [5, 5.41) is 15.3. The summed E-state index contributed by atoms with van der Waals surface area (Å²) in [6.45, 7) is 8.62. The molecule has 2 aromatic rings. The highest BCUT2D eigenvalue weighted by atomic mass is 32.1. The van der Waals surface area contributed by atoms with Crippen LogP contribution in [0.15, 0.2) is 24.3 Å². The number of hydrogen-bond acceptors (Lipinski definition) is 5. The second kappa shape index (κ2) is 7.82. The summed E-state index contributed by atoms with van der Waals surface area (Å²) in [4.78, 5) is 14.4. The van der Waals surface area contributed by atoms with Crippen LogP contribution in [0.4, 0.5) is 20.7 Å². The molecule has 0 bridgehead atoms. The van der Waals surface area contributed by atoms with Gasteiger partial charge < -0.3 is 10.2 Å². The van der Waals surface area contributed by atoms with Crippen LogP contribution in [0.1, 0.15) is 32.8 Å². The van der Waals surface area contributed by atoms with Crippen molar-refractivity contribution >= 4 is 33.3 Å². The number of amides is 2. The Morgan fingerprint density at radius 2 is 1.84 bits per heavy atom. The maximum atomic E-state index is 12.1. The highest BCUT2D eigenvalue weighted by Gasteiger charge is 2.24. The lowest BCUT2D eigenvalue weighted by Crippen LogP contribution is -2.38. The third-order valence-corrected chi connectivity index (χ3v) is 5.29. The van der Waals surface area contributed by atoms with Gasteiger partial charge in [0.05, 0.1) is 0 Å². The average molecular weight is 359 g/mol. The van der Waals surface area contributed by atoms with Crippen molar-refractivity contribution in [3.8, 4) is 0 Å². The molecule has 1 saturated heterocycles. The number of benzene rings is 1. The molecule has 134 valence electrons. The number of hydrogen-bond donors (Lipinski definition) is 2. The smallest absolute Gasteiger partial charge is 0.325 e. The second-order valence-corrected chi connectivity index (χ2v) is 7.83. The molecular weight excluding hydrogens is 334 g/mol. The summed E-state index contributed by atoms with van der Waals surface area (Å²) < 4.78 is 0. The molecular formula is C18H25N5OS. The lowest BCUT2D eigenvalue weighted by atomic mass is 9.92. The third kappa shape index (κ3) is 4.69. The number of nitrogens with one attached hydrogen (secondary N) is 2. The van der Waals surface area contributed by atoms with Gasteiger partial charge in [-0.2, -0.15) is 0 Å². The monoisotopic (exact) mass is 359 g/mol. The van der Waals surface area contributed by atoms with Crippen molar-refractivity contribution in [1.29, 1.82) is 0 Å². The van der Waals surface area contributed by atoms with Crippen LogP contribution in [0.25, 0.3) is 0 Å². The molecule has 3 rings (SSSR count). The molecule has 7 heteroatoms. The summed E-state index contributed by atoms with van der Waals surface area (Å²) in [7, 11) is 0. The van der Waals surface area contributed by atoms with Gasteiger partial charge in [0.2, 0.25) is 10.3 Å². The Kier molecular flexibility index (Phi) is 5.53. The lowest BCUT2D eigenvalue weighted by molar-refractivity contribution is 0.262. The van der Waals surface area contributed by atoms with E-state index in [1.165, 1.54) is 23.3 Å². The van der Waals surface area contributed by atoms with Gasteiger partial charge >= 0.3 is 6.03 Å². The van der Waals surface area contributed by atoms with Gasteiger partial charge in [-0.1, -0.05) is 44.2 Å². The predicted molar refractivity (Wildman–Crippen MR) is 104 cm³/mol. The molecule has 2 atom stereocenters. The molecule has 2 N–H and O–H groups in total. The Hall–Kier alpha value is -2.15. The average Bonchev–Trinajstić information content (AvgIpc) is 3.03. The van der Waals surface area contributed by atoms with Gasteiger partial charge in [-0.25, -0.2) is 4.79 Å². The van der Waals surface area contributed by atoms with Crippen LogP contribution >= 0.6 is 11.3 Å². The summed E-state index contributed by atoms with van der Waals surface area (Å²) in [6.07, 6.45) is 2.23. The van der Waals surface area contributed by atoms with Crippen molar-refractivity contribution in [2.45, 2.75) is 33.6 Å². The number of aromatic nitrogens is 2. The van der Waals surface area contributed by atoms with E-state index in [0.717, 1.165) is 30.3 Å². The maximum absolute atomic E-state index is 12.1. The van der Waals surface area contributed by atoms with Crippen molar-refractivity contribution in [1.82, 2.24) is 10.2 Å². The number of nitrogens with zero attached hydrogens (tertiary/aromatic N) is 3. The van der Waals surface area contributed by atoms with E-state index in [1.54, 1.807) is 0 Å². The SMILES string of the molecule is CCc1ccc(NC(=O)Nc2nnc(N3C[C@H](C)C[C@@H](C)C3)s2)cc1. The van der Waals surface area contributed by atoms with Crippen molar-refractivity contribution < 1.29 is 4.79 Å². The van der Waals surface area contributed by atoms with E-state index in [4.69, 9.17) is 0 Å². The van der Waals surface area contributed by atoms with Crippen LogP contribution in [0.3, 0.4) is 0 Å². The Labute approximate surface area is 152 Å². The van der Waals surface area contributed by atoms with Gasteiger partial charge in [0.25, 0.3) is 0 Å². The highest BCUT2D eigenvalue weighted by molar-refractivity contribution is 7.19. The van der Waals surface area contributed by atoms with E-state index >= 15 is 0 Å². The summed E-state index contributed by atoms with van der Waals surface area (Å²) in [5.41, 5.74) is 2.00. The minimum Gasteiger partial charge on any atom is -0.346 e. The van der Waals surface area contributed by atoms with Gasteiger partial charge in [0.1, 0.15) is 0 Å². The minimum atomic E-state index is -0.299.